The van der Waals surface area contributed by atoms with Gasteiger partial charge in [-0.15, -0.1) is 0 Å². The van der Waals surface area contributed by atoms with Gasteiger partial charge in [-0.25, -0.2) is 4.98 Å². The number of hydrogen-bond acceptors (Lipinski definition) is 3. The first-order valence-corrected chi connectivity index (χ1v) is 5.19. The average Bonchev–Trinajstić information content (AvgIpc) is 2.56. The summed E-state index contributed by atoms with van der Waals surface area (Å²) < 4.78 is 7.37. The van der Waals surface area contributed by atoms with Crippen LogP contribution in [0.2, 0.25) is 5.02 Å². The molecule has 0 radical (unpaired) electrons. The zero-order valence-corrected chi connectivity index (χ0v) is 9.61. The third kappa shape index (κ3) is 2.28. The van der Waals surface area contributed by atoms with E-state index in [1.165, 1.54) is 0 Å². The van der Waals surface area contributed by atoms with Gasteiger partial charge in [-0.2, -0.15) is 0 Å². The Morgan fingerprint density at radius 3 is 2.81 bits per heavy atom. The summed E-state index contributed by atoms with van der Waals surface area (Å²) in [7, 11) is 1.87. The molecule has 0 bridgehead atoms. The van der Waals surface area contributed by atoms with Gasteiger partial charge in [0.05, 0.1) is 5.02 Å². The van der Waals surface area contributed by atoms with E-state index in [2.05, 4.69) is 4.98 Å². The molecule has 1 aromatic heterocycles. The van der Waals surface area contributed by atoms with Gasteiger partial charge >= 0.3 is 0 Å². The molecular weight excluding hydrogens is 226 g/mol. The van der Waals surface area contributed by atoms with Crippen molar-refractivity contribution < 1.29 is 4.74 Å². The second kappa shape index (κ2) is 4.45. The van der Waals surface area contributed by atoms with Crippen LogP contribution in [-0.4, -0.2) is 9.55 Å². The number of imidazole rings is 1. The predicted octanol–water partition coefficient (Wildman–Crippen LogP) is 2.23. The molecule has 2 aromatic rings. The number of aromatic nitrogens is 2. The van der Waals surface area contributed by atoms with Gasteiger partial charge in [0, 0.05) is 13.2 Å². The fourth-order valence-electron chi connectivity index (χ4n) is 1.37. The van der Waals surface area contributed by atoms with Crippen molar-refractivity contribution >= 4 is 17.4 Å². The second-order valence-electron chi connectivity index (χ2n) is 3.41. The third-order valence-corrected chi connectivity index (χ3v) is 2.50. The topological polar surface area (TPSA) is 53.1 Å². The fourth-order valence-corrected chi connectivity index (χ4v) is 1.56. The maximum absolute atomic E-state index is 5.96. The van der Waals surface area contributed by atoms with E-state index in [1.54, 1.807) is 12.3 Å². The van der Waals surface area contributed by atoms with E-state index in [1.807, 2.05) is 29.8 Å². The minimum absolute atomic E-state index is 0.345. The molecule has 4 nitrogen and oxygen atoms in total. The van der Waals surface area contributed by atoms with Gasteiger partial charge in [0.15, 0.2) is 0 Å². The second-order valence-corrected chi connectivity index (χ2v) is 3.82. The maximum atomic E-state index is 5.96. The Labute approximate surface area is 98.6 Å². The molecule has 0 aliphatic rings. The summed E-state index contributed by atoms with van der Waals surface area (Å²) in [6, 6.07) is 7.32. The molecule has 2 N–H and O–H groups in total. The van der Waals surface area contributed by atoms with Crippen LogP contribution < -0.4 is 10.5 Å². The predicted molar refractivity (Wildman–Crippen MR) is 63.4 cm³/mol. The Balaban J connectivity index is 2.08. The number of ether oxygens (including phenoxy) is 1. The van der Waals surface area contributed by atoms with Crippen LogP contribution in [0.5, 0.6) is 5.75 Å². The quantitative estimate of drug-likeness (QED) is 0.891. The summed E-state index contributed by atoms with van der Waals surface area (Å²) in [5.74, 6) is 1.89. The molecule has 0 saturated carbocycles. The number of hydrogen-bond donors (Lipinski definition) is 1. The molecular formula is C11H12ClN3O. The number of benzene rings is 1. The van der Waals surface area contributed by atoms with E-state index >= 15 is 0 Å². The third-order valence-electron chi connectivity index (χ3n) is 2.18. The van der Waals surface area contributed by atoms with E-state index in [0.29, 0.717) is 23.2 Å². The van der Waals surface area contributed by atoms with Gasteiger partial charge in [0.25, 0.3) is 0 Å². The first-order valence-electron chi connectivity index (χ1n) is 4.82. The van der Waals surface area contributed by atoms with Crippen LogP contribution in [0.1, 0.15) is 5.82 Å². The van der Waals surface area contributed by atoms with E-state index in [0.717, 1.165) is 5.82 Å². The highest BCUT2D eigenvalue weighted by Crippen LogP contribution is 2.23. The standard InChI is InChI=1S/C11H12ClN3O/c1-15-6-10(13)14-11(15)7-16-9-5-3-2-4-8(9)12/h2-6H,7,13H2,1H3. The zero-order valence-electron chi connectivity index (χ0n) is 8.85. The summed E-state index contributed by atoms with van der Waals surface area (Å²) in [6.45, 7) is 0.345. The fraction of sp³-hybridized carbons (Fsp3) is 0.182. The lowest BCUT2D eigenvalue weighted by atomic mass is 10.3. The molecule has 0 saturated heterocycles. The normalized spacial score (nSPS) is 10.4. The van der Waals surface area contributed by atoms with E-state index < -0.39 is 0 Å². The van der Waals surface area contributed by atoms with Gasteiger partial charge in [-0.05, 0) is 12.1 Å². The van der Waals surface area contributed by atoms with Crippen molar-refractivity contribution in [2.45, 2.75) is 6.61 Å². The maximum Gasteiger partial charge on any atom is 0.149 e. The van der Waals surface area contributed by atoms with Crippen molar-refractivity contribution in [1.82, 2.24) is 9.55 Å². The van der Waals surface area contributed by atoms with Crippen LogP contribution in [0.3, 0.4) is 0 Å². The molecule has 0 spiro atoms. The van der Waals surface area contributed by atoms with Crippen molar-refractivity contribution in [3.05, 3.63) is 41.3 Å². The highest BCUT2D eigenvalue weighted by atomic mass is 35.5. The van der Waals surface area contributed by atoms with Gasteiger partial charge in [0.2, 0.25) is 0 Å². The van der Waals surface area contributed by atoms with Crippen molar-refractivity contribution in [1.29, 1.82) is 0 Å². The summed E-state index contributed by atoms with van der Waals surface area (Å²) in [5.41, 5.74) is 5.56. The minimum atomic E-state index is 0.345. The van der Waals surface area contributed by atoms with Gasteiger partial charge in [-0.1, -0.05) is 23.7 Å². The number of nitrogen functional groups attached to an aromatic ring is 1. The van der Waals surface area contributed by atoms with Gasteiger partial charge in [0.1, 0.15) is 24.0 Å². The lowest BCUT2D eigenvalue weighted by Gasteiger charge is -2.07. The Hall–Kier alpha value is -1.68. The summed E-state index contributed by atoms with van der Waals surface area (Å²) in [4.78, 5) is 4.13. The molecule has 0 amide bonds. The Kier molecular flexibility index (Phi) is 3.01. The van der Waals surface area contributed by atoms with Gasteiger partial charge in [-0.3, -0.25) is 0 Å². The van der Waals surface area contributed by atoms with Crippen LogP contribution >= 0.6 is 11.6 Å². The number of para-hydroxylation sites is 1. The highest BCUT2D eigenvalue weighted by Gasteiger charge is 2.05. The first kappa shape index (κ1) is 10.8. The molecule has 0 aliphatic carbocycles. The van der Waals surface area contributed by atoms with Crippen molar-refractivity contribution in [2.24, 2.45) is 7.05 Å². The molecule has 0 aliphatic heterocycles. The van der Waals surface area contributed by atoms with Crippen LogP contribution in [0.15, 0.2) is 30.5 Å². The number of anilines is 1. The van der Waals surface area contributed by atoms with Gasteiger partial charge < -0.3 is 15.0 Å². The Bertz CT molecular complexity index is 496. The van der Waals surface area contributed by atoms with E-state index in [9.17, 15) is 0 Å². The van der Waals surface area contributed by atoms with E-state index in [4.69, 9.17) is 22.1 Å². The molecule has 1 aromatic carbocycles. The number of halogens is 1. The number of nitrogens with two attached hydrogens (primary N) is 1. The summed E-state index contributed by atoms with van der Waals surface area (Å²) in [5, 5.41) is 0.588. The van der Waals surface area contributed by atoms with Crippen LogP contribution in [0.4, 0.5) is 5.82 Å². The van der Waals surface area contributed by atoms with Crippen LogP contribution in [0, 0.1) is 0 Å². The summed E-state index contributed by atoms with van der Waals surface area (Å²) in [6.07, 6.45) is 1.74. The average molecular weight is 238 g/mol. The molecule has 0 atom stereocenters. The Morgan fingerprint density at radius 1 is 1.44 bits per heavy atom. The monoisotopic (exact) mass is 237 g/mol. The van der Waals surface area contributed by atoms with Crippen molar-refractivity contribution in [2.75, 3.05) is 5.73 Å². The van der Waals surface area contributed by atoms with Crippen LogP contribution in [-0.2, 0) is 13.7 Å². The molecule has 2 rings (SSSR count). The van der Waals surface area contributed by atoms with Crippen molar-refractivity contribution in [3.8, 4) is 5.75 Å². The molecule has 84 valence electrons. The lowest BCUT2D eigenvalue weighted by molar-refractivity contribution is 0.292. The molecule has 1 heterocycles. The number of aryl methyl sites for hydroxylation is 1. The largest absolute Gasteiger partial charge is 0.484 e. The Morgan fingerprint density at radius 2 is 2.19 bits per heavy atom. The smallest absolute Gasteiger partial charge is 0.149 e. The van der Waals surface area contributed by atoms with Crippen molar-refractivity contribution in [3.63, 3.8) is 0 Å². The molecule has 5 heteroatoms. The summed E-state index contributed by atoms with van der Waals surface area (Å²) >= 11 is 5.96. The number of rotatable bonds is 3. The SMILES string of the molecule is Cn1cc(N)nc1COc1ccccc1Cl. The zero-order chi connectivity index (χ0) is 11.5. The molecule has 0 unspecified atom stereocenters. The van der Waals surface area contributed by atoms with Crippen LogP contribution in [0.25, 0.3) is 0 Å². The van der Waals surface area contributed by atoms with E-state index in [-0.39, 0.29) is 0 Å². The molecule has 0 fully saturated rings. The number of nitrogens with zero attached hydrogens (tertiary/aromatic N) is 2. The first-order chi connectivity index (χ1) is 7.66. The highest BCUT2D eigenvalue weighted by molar-refractivity contribution is 6.32. The lowest BCUT2D eigenvalue weighted by Crippen LogP contribution is -2.03. The molecule has 16 heavy (non-hydrogen) atoms. The minimum Gasteiger partial charge on any atom is -0.484 e.